The summed E-state index contributed by atoms with van der Waals surface area (Å²) in [4.78, 5) is 10.9. The zero-order valence-electron chi connectivity index (χ0n) is 5.13. The number of alkyl halides is 2. The van der Waals surface area contributed by atoms with Crippen LogP contribution in [0.15, 0.2) is 10.2 Å². The molecule has 11 heavy (non-hydrogen) atoms. The number of carbonyl (C=O) groups is 1. The van der Waals surface area contributed by atoms with Crippen LogP contribution in [0.5, 0.6) is 0 Å². The Kier molecular flexibility index (Phi) is 2.59. The van der Waals surface area contributed by atoms with Gasteiger partial charge in [-0.2, -0.15) is 0 Å². The number of rotatable bonds is 0. The first-order valence-corrected chi connectivity index (χ1v) is 4.18. The van der Waals surface area contributed by atoms with Gasteiger partial charge in [0.1, 0.15) is 5.16 Å². The quantitative estimate of drug-likeness (QED) is 0.506. The van der Waals surface area contributed by atoms with Gasteiger partial charge in [0.15, 0.2) is 0 Å². The maximum absolute atomic E-state index is 10.9. The van der Waals surface area contributed by atoms with Crippen LogP contribution in [0, 0.1) is 0 Å². The highest BCUT2D eigenvalue weighted by Crippen LogP contribution is 2.36. The smallest absolute Gasteiger partial charge is 0.261 e. The summed E-state index contributed by atoms with van der Waals surface area (Å²) in [6.07, 6.45) is 0.0440. The fraction of sp³-hybridized carbons (Fsp3) is 0.400. The van der Waals surface area contributed by atoms with Gasteiger partial charge in [-0.15, -0.1) is 0 Å². The second-order valence-electron chi connectivity index (χ2n) is 2.05. The normalized spacial score (nSPS) is 23.5. The number of carbonyl (C=O) groups excluding carboxylic acids is 1. The lowest BCUT2D eigenvalue weighted by Gasteiger charge is -2.23. The lowest BCUT2D eigenvalue weighted by atomic mass is 10.2. The predicted molar refractivity (Wildman–Crippen MR) is 45.9 cm³/mol. The molecule has 0 atom stereocenters. The molecule has 1 aliphatic rings. The van der Waals surface area contributed by atoms with E-state index < -0.39 is 10.2 Å². The van der Waals surface area contributed by atoms with Crippen molar-refractivity contribution in [3.8, 4) is 0 Å². The molecule has 0 unspecified atom stereocenters. The molecule has 0 aromatic rings. The summed E-state index contributed by atoms with van der Waals surface area (Å²) in [5.41, 5.74) is 0. The molecule has 0 aromatic carbocycles. The third kappa shape index (κ3) is 1.94. The summed E-state index contributed by atoms with van der Waals surface area (Å²) in [6.45, 7) is 0. The Balaban J connectivity index is 2.93. The van der Waals surface area contributed by atoms with Crippen LogP contribution in [0.4, 0.5) is 0 Å². The van der Waals surface area contributed by atoms with Crippen molar-refractivity contribution < 1.29 is 4.79 Å². The van der Waals surface area contributed by atoms with E-state index in [1.807, 2.05) is 0 Å². The third-order valence-corrected chi connectivity index (χ3v) is 2.52. The molecular weight excluding hydrogens is 232 g/mol. The molecule has 2 nitrogen and oxygen atoms in total. The molecule has 0 saturated heterocycles. The minimum Gasteiger partial charge on any atom is -0.313 e. The summed E-state index contributed by atoms with van der Waals surface area (Å²) < 4.78 is -1.49. The topological polar surface area (TPSA) is 29.1 Å². The summed E-state index contributed by atoms with van der Waals surface area (Å²) >= 11 is 22.2. The van der Waals surface area contributed by atoms with Gasteiger partial charge >= 0.3 is 0 Å². The highest BCUT2D eigenvalue weighted by Gasteiger charge is 2.39. The standard InChI is InChI=1S/C5H3Cl4NO/c6-2-1-5(8,9)4(11)10-3(2)7/h1H2,(H,10,11). The van der Waals surface area contributed by atoms with Gasteiger partial charge in [0.2, 0.25) is 4.33 Å². The van der Waals surface area contributed by atoms with E-state index in [0.717, 1.165) is 0 Å². The lowest BCUT2D eigenvalue weighted by Crippen LogP contribution is -2.41. The van der Waals surface area contributed by atoms with E-state index in [2.05, 4.69) is 5.32 Å². The molecule has 0 aromatic heterocycles. The molecule has 62 valence electrons. The Labute approximate surface area is 83.4 Å². The summed E-state index contributed by atoms with van der Waals surface area (Å²) in [5, 5.41) is 2.58. The third-order valence-electron chi connectivity index (χ3n) is 1.17. The van der Waals surface area contributed by atoms with Gasteiger partial charge in [-0.3, -0.25) is 4.79 Å². The highest BCUT2D eigenvalue weighted by molar-refractivity contribution is 6.59. The zero-order chi connectivity index (χ0) is 8.65. The minimum atomic E-state index is -1.49. The van der Waals surface area contributed by atoms with E-state index in [4.69, 9.17) is 46.4 Å². The Bertz CT molecular complexity index is 235. The summed E-state index contributed by atoms with van der Waals surface area (Å²) in [6, 6.07) is 0. The number of hydrogen-bond acceptors (Lipinski definition) is 1. The van der Waals surface area contributed by atoms with E-state index in [-0.39, 0.29) is 16.6 Å². The molecule has 0 spiro atoms. The van der Waals surface area contributed by atoms with E-state index in [0.29, 0.717) is 0 Å². The first-order valence-electron chi connectivity index (χ1n) is 2.67. The Morgan fingerprint density at radius 1 is 1.36 bits per heavy atom. The van der Waals surface area contributed by atoms with Crippen molar-refractivity contribution in [2.45, 2.75) is 10.8 Å². The van der Waals surface area contributed by atoms with Crippen LogP contribution in [0.1, 0.15) is 6.42 Å². The van der Waals surface area contributed by atoms with Crippen molar-refractivity contribution in [1.29, 1.82) is 0 Å². The monoisotopic (exact) mass is 233 g/mol. The van der Waals surface area contributed by atoms with Crippen molar-refractivity contribution in [2.75, 3.05) is 0 Å². The molecular formula is C5H3Cl4NO. The maximum atomic E-state index is 10.9. The van der Waals surface area contributed by atoms with Crippen LogP contribution in [-0.2, 0) is 4.79 Å². The average molecular weight is 235 g/mol. The summed E-state index contributed by atoms with van der Waals surface area (Å²) in [7, 11) is 0. The second kappa shape index (κ2) is 3.02. The van der Waals surface area contributed by atoms with Gasteiger partial charge < -0.3 is 5.32 Å². The van der Waals surface area contributed by atoms with Gasteiger partial charge in [0.05, 0.1) is 5.03 Å². The SMILES string of the molecule is O=C1NC(Cl)=C(Cl)CC1(Cl)Cl. The van der Waals surface area contributed by atoms with Crippen LogP contribution in [-0.4, -0.2) is 10.2 Å². The average Bonchev–Trinajstić information content (AvgIpc) is 1.83. The molecule has 1 heterocycles. The van der Waals surface area contributed by atoms with Crippen molar-refractivity contribution in [1.82, 2.24) is 5.32 Å². The largest absolute Gasteiger partial charge is 0.313 e. The molecule has 0 saturated carbocycles. The summed E-state index contributed by atoms with van der Waals surface area (Å²) in [5.74, 6) is -0.546. The molecule has 0 aliphatic carbocycles. The molecule has 1 aliphatic heterocycles. The second-order valence-corrected chi connectivity index (χ2v) is 4.37. The number of nitrogens with one attached hydrogen (secondary N) is 1. The van der Waals surface area contributed by atoms with Crippen molar-refractivity contribution in [2.24, 2.45) is 0 Å². The maximum Gasteiger partial charge on any atom is 0.261 e. The molecule has 1 rings (SSSR count). The van der Waals surface area contributed by atoms with E-state index in [9.17, 15) is 4.79 Å². The predicted octanol–water partition coefficient (Wildman–Crippen LogP) is 2.33. The van der Waals surface area contributed by atoms with Crippen LogP contribution in [0.3, 0.4) is 0 Å². The molecule has 1 amide bonds. The molecule has 0 bridgehead atoms. The zero-order valence-corrected chi connectivity index (χ0v) is 8.15. The van der Waals surface area contributed by atoms with E-state index in [1.54, 1.807) is 0 Å². The fourth-order valence-corrected chi connectivity index (χ4v) is 1.51. The van der Waals surface area contributed by atoms with Gasteiger partial charge in [-0.05, 0) is 0 Å². The highest BCUT2D eigenvalue weighted by atomic mass is 35.5. The minimum absolute atomic E-state index is 0.0440. The van der Waals surface area contributed by atoms with E-state index in [1.165, 1.54) is 0 Å². The molecule has 1 N–H and O–H groups in total. The van der Waals surface area contributed by atoms with Crippen molar-refractivity contribution >= 4 is 52.3 Å². The molecule has 0 radical (unpaired) electrons. The fourth-order valence-electron chi connectivity index (χ4n) is 0.612. The van der Waals surface area contributed by atoms with Gasteiger partial charge in [0.25, 0.3) is 5.91 Å². The molecule has 6 heteroatoms. The number of halogens is 4. The van der Waals surface area contributed by atoms with Crippen LogP contribution < -0.4 is 5.32 Å². The van der Waals surface area contributed by atoms with Crippen LogP contribution >= 0.6 is 46.4 Å². The molecule has 0 fully saturated rings. The number of allylic oxidation sites excluding steroid dienone is 1. The van der Waals surface area contributed by atoms with Crippen molar-refractivity contribution in [3.63, 3.8) is 0 Å². The van der Waals surface area contributed by atoms with Crippen LogP contribution in [0.25, 0.3) is 0 Å². The Morgan fingerprint density at radius 2 is 1.91 bits per heavy atom. The van der Waals surface area contributed by atoms with Crippen LogP contribution in [0.2, 0.25) is 0 Å². The Morgan fingerprint density at radius 3 is 2.36 bits per heavy atom. The van der Waals surface area contributed by atoms with Gasteiger partial charge in [-0.25, -0.2) is 0 Å². The van der Waals surface area contributed by atoms with Crippen molar-refractivity contribution in [3.05, 3.63) is 10.2 Å². The Hall–Kier alpha value is 0.370. The number of amides is 1. The lowest BCUT2D eigenvalue weighted by molar-refractivity contribution is -0.121. The van der Waals surface area contributed by atoms with E-state index >= 15 is 0 Å². The van der Waals surface area contributed by atoms with Gasteiger partial charge in [0, 0.05) is 6.42 Å². The first kappa shape index (κ1) is 9.46. The number of hydrogen-bond donors (Lipinski definition) is 1. The first-order chi connectivity index (χ1) is 4.93. The van der Waals surface area contributed by atoms with Gasteiger partial charge in [-0.1, -0.05) is 46.4 Å².